The van der Waals surface area contributed by atoms with Crippen molar-refractivity contribution in [3.63, 3.8) is 0 Å². The van der Waals surface area contributed by atoms with Gasteiger partial charge in [0.2, 0.25) is 0 Å². The Balaban J connectivity index is 2.23. The lowest BCUT2D eigenvalue weighted by Crippen LogP contribution is -2.07. The Morgan fingerprint density at radius 3 is 2.33 bits per heavy atom. The van der Waals surface area contributed by atoms with Crippen LogP contribution in [0.3, 0.4) is 0 Å². The molecule has 0 unspecified atom stereocenters. The highest BCUT2D eigenvalue weighted by Crippen LogP contribution is 2.19. The summed E-state index contributed by atoms with van der Waals surface area (Å²) in [6.45, 7) is 3.11. The van der Waals surface area contributed by atoms with E-state index in [0.717, 1.165) is 18.0 Å². The molecule has 0 heterocycles. The molecule has 0 amide bonds. The Hall–Kier alpha value is -1.31. The zero-order valence-electron chi connectivity index (χ0n) is 10.8. The van der Waals surface area contributed by atoms with Crippen molar-refractivity contribution in [3.8, 4) is 0 Å². The average molecular weight is 260 g/mol. The van der Waals surface area contributed by atoms with E-state index in [1.165, 1.54) is 22.3 Å². The molecule has 1 nitrogen and oxygen atoms in total. The van der Waals surface area contributed by atoms with Crippen molar-refractivity contribution < 1.29 is 0 Å². The van der Waals surface area contributed by atoms with Gasteiger partial charge in [0.15, 0.2) is 0 Å². The van der Waals surface area contributed by atoms with Crippen LogP contribution in [0.15, 0.2) is 42.5 Å². The first-order valence-electron chi connectivity index (χ1n) is 6.17. The van der Waals surface area contributed by atoms with Crippen molar-refractivity contribution in [1.29, 1.82) is 0 Å². The monoisotopic (exact) mass is 259 g/mol. The number of halogens is 1. The van der Waals surface area contributed by atoms with Gasteiger partial charge in [0.25, 0.3) is 0 Å². The minimum atomic E-state index is 0.791. The van der Waals surface area contributed by atoms with Crippen molar-refractivity contribution in [3.05, 3.63) is 69.7 Å². The van der Waals surface area contributed by atoms with Crippen LogP contribution in [-0.2, 0) is 13.0 Å². The quantitative estimate of drug-likeness (QED) is 0.877. The summed E-state index contributed by atoms with van der Waals surface area (Å²) in [6, 6.07) is 14.6. The number of rotatable bonds is 4. The van der Waals surface area contributed by atoms with Crippen molar-refractivity contribution in [2.45, 2.75) is 19.9 Å². The van der Waals surface area contributed by atoms with E-state index in [-0.39, 0.29) is 0 Å². The molecule has 94 valence electrons. The van der Waals surface area contributed by atoms with Crippen LogP contribution in [0.5, 0.6) is 0 Å². The molecule has 0 fully saturated rings. The largest absolute Gasteiger partial charge is 0.316 e. The molecule has 0 aliphatic carbocycles. The zero-order valence-corrected chi connectivity index (χ0v) is 11.6. The third-order valence-electron chi connectivity index (χ3n) is 3.23. The molecule has 0 atom stereocenters. The second-order valence-electron chi connectivity index (χ2n) is 4.53. The molecule has 2 heteroatoms. The number of hydrogen-bond donors (Lipinski definition) is 1. The van der Waals surface area contributed by atoms with Crippen LogP contribution >= 0.6 is 11.6 Å². The van der Waals surface area contributed by atoms with E-state index >= 15 is 0 Å². The molecular formula is C16H18ClN. The van der Waals surface area contributed by atoms with Crippen molar-refractivity contribution >= 4 is 11.6 Å². The summed E-state index contributed by atoms with van der Waals surface area (Å²) in [5.41, 5.74) is 5.42. The van der Waals surface area contributed by atoms with Gasteiger partial charge in [-0.2, -0.15) is 0 Å². The van der Waals surface area contributed by atoms with Crippen LogP contribution in [0.2, 0.25) is 5.02 Å². The van der Waals surface area contributed by atoms with E-state index < -0.39 is 0 Å². The van der Waals surface area contributed by atoms with Gasteiger partial charge in [-0.1, -0.05) is 41.9 Å². The summed E-state index contributed by atoms with van der Waals surface area (Å²) in [4.78, 5) is 0. The van der Waals surface area contributed by atoms with Crippen LogP contribution in [0.1, 0.15) is 22.3 Å². The summed E-state index contributed by atoms with van der Waals surface area (Å²) in [7, 11) is 1.98. The fourth-order valence-electron chi connectivity index (χ4n) is 2.13. The normalized spacial score (nSPS) is 10.6. The minimum absolute atomic E-state index is 0.791. The molecule has 1 N–H and O–H groups in total. The van der Waals surface area contributed by atoms with Crippen LogP contribution in [-0.4, -0.2) is 7.05 Å². The van der Waals surface area contributed by atoms with Gasteiger partial charge in [-0.25, -0.2) is 0 Å². The first kappa shape index (κ1) is 13.1. The van der Waals surface area contributed by atoms with Gasteiger partial charge in [-0.15, -0.1) is 0 Å². The first-order valence-corrected chi connectivity index (χ1v) is 6.55. The van der Waals surface area contributed by atoms with E-state index in [1.54, 1.807) is 0 Å². The Morgan fingerprint density at radius 2 is 1.67 bits per heavy atom. The number of benzene rings is 2. The maximum absolute atomic E-state index is 5.90. The Labute approximate surface area is 114 Å². The Kier molecular flexibility index (Phi) is 4.40. The summed E-state index contributed by atoms with van der Waals surface area (Å²) in [6.07, 6.45) is 0.959. The highest BCUT2D eigenvalue weighted by Gasteiger charge is 2.04. The van der Waals surface area contributed by atoms with E-state index in [9.17, 15) is 0 Å². The lowest BCUT2D eigenvalue weighted by Gasteiger charge is -2.11. The molecular weight excluding hydrogens is 242 g/mol. The number of nitrogens with one attached hydrogen (secondary N) is 1. The highest BCUT2D eigenvalue weighted by atomic mass is 35.5. The van der Waals surface area contributed by atoms with Crippen LogP contribution in [0.4, 0.5) is 0 Å². The molecule has 0 saturated heterocycles. The molecule has 18 heavy (non-hydrogen) atoms. The van der Waals surface area contributed by atoms with Crippen molar-refractivity contribution in [1.82, 2.24) is 5.32 Å². The van der Waals surface area contributed by atoms with Crippen LogP contribution in [0.25, 0.3) is 0 Å². The highest BCUT2D eigenvalue weighted by molar-refractivity contribution is 6.30. The smallest absolute Gasteiger partial charge is 0.0406 e. The summed E-state index contributed by atoms with van der Waals surface area (Å²) in [5, 5.41) is 4.00. The van der Waals surface area contributed by atoms with Gasteiger partial charge in [-0.3, -0.25) is 0 Å². The molecule has 0 aliphatic rings. The maximum atomic E-state index is 5.90. The first-order chi connectivity index (χ1) is 8.70. The SMILES string of the molecule is CNCc1cccc(Cc2ccc(Cl)cc2)c1C. The summed E-state index contributed by atoms with van der Waals surface area (Å²) in [5.74, 6) is 0. The minimum Gasteiger partial charge on any atom is -0.316 e. The molecule has 0 aromatic heterocycles. The van der Waals surface area contributed by atoms with Crippen molar-refractivity contribution in [2.24, 2.45) is 0 Å². The third-order valence-corrected chi connectivity index (χ3v) is 3.49. The van der Waals surface area contributed by atoms with E-state index in [4.69, 9.17) is 11.6 Å². The zero-order chi connectivity index (χ0) is 13.0. The van der Waals surface area contributed by atoms with Crippen LogP contribution < -0.4 is 5.32 Å². The lowest BCUT2D eigenvalue weighted by molar-refractivity contribution is 0.809. The second-order valence-corrected chi connectivity index (χ2v) is 4.97. The molecule has 2 rings (SSSR count). The maximum Gasteiger partial charge on any atom is 0.0406 e. The van der Waals surface area contributed by atoms with Gasteiger partial charge in [-0.05, 0) is 54.8 Å². The van der Waals surface area contributed by atoms with E-state index in [1.807, 2.05) is 19.2 Å². The third kappa shape index (κ3) is 3.12. The van der Waals surface area contributed by atoms with Gasteiger partial charge in [0.05, 0.1) is 0 Å². The Morgan fingerprint density at radius 1 is 1.00 bits per heavy atom. The number of hydrogen-bond acceptors (Lipinski definition) is 1. The summed E-state index contributed by atoms with van der Waals surface area (Å²) < 4.78 is 0. The fourth-order valence-corrected chi connectivity index (χ4v) is 2.26. The Bertz CT molecular complexity index is 517. The molecule has 0 bridgehead atoms. The molecule has 2 aromatic rings. The average Bonchev–Trinajstić information content (AvgIpc) is 2.37. The fraction of sp³-hybridized carbons (Fsp3) is 0.250. The molecule has 0 radical (unpaired) electrons. The molecule has 0 aliphatic heterocycles. The molecule has 0 saturated carbocycles. The second kappa shape index (κ2) is 6.03. The standard InChI is InChI=1S/C16H18ClN/c1-12-14(4-3-5-15(12)11-18-2)10-13-6-8-16(17)9-7-13/h3-9,18H,10-11H2,1-2H3. The topological polar surface area (TPSA) is 12.0 Å². The predicted molar refractivity (Wildman–Crippen MR) is 78.2 cm³/mol. The predicted octanol–water partition coefficient (Wildman–Crippen LogP) is 3.96. The van der Waals surface area contributed by atoms with Gasteiger partial charge in [0.1, 0.15) is 0 Å². The van der Waals surface area contributed by atoms with Gasteiger partial charge in [0, 0.05) is 11.6 Å². The lowest BCUT2D eigenvalue weighted by atomic mass is 9.97. The van der Waals surface area contributed by atoms with Crippen LogP contribution in [0, 0.1) is 6.92 Å². The van der Waals surface area contributed by atoms with Crippen molar-refractivity contribution in [2.75, 3.05) is 7.05 Å². The van der Waals surface area contributed by atoms with Gasteiger partial charge >= 0.3 is 0 Å². The van der Waals surface area contributed by atoms with Gasteiger partial charge < -0.3 is 5.32 Å². The van der Waals surface area contributed by atoms with E-state index in [2.05, 4.69) is 42.6 Å². The molecule has 2 aromatic carbocycles. The summed E-state index contributed by atoms with van der Waals surface area (Å²) >= 11 is 5.90. The van der Waals surface area contributed by atoms with E-state index in [0.29, 0.717) is 0 Å². The molecule has 0 spiro atoms.